The third kappa shape index (κ3) is 1.30. The average Bonchev–Trinajstić information content (AvgIpc) is 2.61. The van der Waals surface area contributed by atoms with Crippen molar-refractivity contribution in [3.8, 4) is 0 Å². The van der Waals surface area contributed by atoms with E-state index in [-0.39, 0.29) is 5.54 Å². The first-order chi connectivity index (χ1) is 6.65. The number of rotatable bonds is 2. The Morgan fingerprint density at radius 3 is 2.86 bits per heavy atom. The van der Waals surface area contributed by atoms with E-state index in [0.717, 1.165) is 5.65 Å². The van der Waals surface area contributed by atoms with Crippen molar-refractivity contribution in [1.82, 2.24) is 14.7 Å². The Hall–Kier alpha value is -1.35. The predicted molar refractivity (Wildman–Crippen MR) is 57.3 cm³/mol. The minimum atomic E-state index is -0.0548. The molecule has 0 unspecified atom stereocenters. The van der Waals surface area contributed by atoms with Crippen molar-refractivity contribution >= 4 is 5.65 Å². The Labute approximate surface area is 83.8 Å². The smallest absolute Gasteiger partial charge is 0.136 e. The van der Waals surface area contributed by atoms with E-state index in [0.29, 0.717) is 0 Å². The first-order valence-electron chi connectivity index (χ1n) is 4.76. The number of aromatic nitrogens is 2. The third-order valence-corrected chi connectivity index (χ3v) is 2.68. The maximum absolute atomic E-state index is 4.36. The molecular formula is C11H15N3. The van der Waals surface area contributed by atoms with Gasteiger partial charge in [0.05, 0.1) is 17.4 Å². The van der Waals surface area contributed by atoms with Crippen molar-refractivity contribution in [1.29, 1.82) is 0 Å². The maximum Gasteiger partial charge on any atom is 0.136 e. The van der Waals surface area contributed by atoms with Gasteiger partial charge in [0.25, 0.3) is 0 Å². The molecule has 0 spiro atoms. The van der Waals surface area contributed by atoms with E-state index in [1.807, 2.05) is 37.6 Å². The van der Waals surface area contributed by atoms with E-state index >= 15 is 0 Å². The lowest BCUT2D eigenvalue weighted by atomic mass is 10.0. The molecule has 2 aromatic heterocycles. The molecule has 14 heavy (non-hydrogen) atoms. The van der Waals surface area contributed by atoms with Gasteiger partial charge in [0, 0.05) is 6.20 Å². The molecule has 0 aliphatic carbocycles. The second kappa shape index (κ2) is 3.10. The van der Waals surface area contributed by atoms with E-state index in [9.17, 15) is 0 Å². The highest BCUT2D eigenvalue weighted by Gasteiger charge is 2.21. The van der Waals surface area contributed by atoms with Gasteiger partial charge in [-0.05, 0) is 33.0 Å². The van der Waals surface area contributed by atoms with Gasteiger partial charge in [-0.3, -0.25) is 0 Å². The van der Waals surface area contributed by atoms with Gasteiger partial charge in [0.15, 0.2) is 0 Å². The van der Waals surface area contributed by atoms with E-state index < -0.39 is 0 Å². The van der Waals surface area contributed by atoms with Crippen LogP contribution in [0.15, 0.2) is 30.6 Å². The summed E-state index contributed by atoms with van der Waals surface area (Å²) in [4.78, 5) is 4.36. The summed E-state index contributed by atoms with van der Waals surface area (Å²) in [7, 11) is 1.96. The minimum Gasteiger partial charge on any atom is -0.310 e. The largest absolute Gasteiger partial charge is 0.310 e. The number of pyridine rings is 1. The van der Waals surface area contributed by atoms with Crippen LogP contribution in [0.25, 0.3) is 5.65 Å². The van der Waals surface area contributed by atoms with Gasteiger partial charge in [0.1, 0.15) is 5.65 Å². The summed E-state index contributed by atoms with van der Waals surface area (Å²) in [6, 6.07) is 6.03. The van der Waals surface area contributed by atoms with Gasteiger partial charge in [-0.1, -0.05) is 6.07 Å². The van der Waals surface area contributed by atoms with Crippen LogP contribution in [0, 0.1) is 0 Å². The summed E-state index contributed by atoms with van der Waals surface area (Å²) in [6.45, 7) is 4.28. The number of fused-ring (bicyclic) bond motifs is 1. The lowest BCUT2D eigenvalue weighted by Gasteiger charge is -2.23. The normalized spacial score (nSPS) is 12.2. The van der Waals surface area contributed by atoms with E-state index in [2.05, 4.69) is 28.5 Å². The van der Waals surface area contributed by atoms with Crippen molar-refractivity contribution < 1.29 is 0 Å². The molecule has 1 N–H and O–H groups in total. The Bertz CT molecular complexity index is 442. The molecule has 0 aliphatic heterocycles. The van der Waals surface area contributed by atoms with Crippen LogP contribution in [-0.2, 0) is 5.54 Å². The topological polar surface area (TPSA) is 29.3 Å². The number of imidazole rings is 1. The van der Waals surface area contributed by atoms with Crippen LogP contribution in [-0.4, -0.2) is 16.4 Å². The standard InChI is InChI=1S/C11H15N3/c1-11(2,12-3)9-8-13-10-6-4-5-7-14(9)10/h4-8,12H,1-3H3. The molecule has 0 bridgehead atoms. The summed E-state index contributed by atoms with van der Waals surface area (Å²) in [5.74, 6) is 0. The maximum atomic E-state index is 4.36. The molecular weight excluding hydrogens is 174 g/mol. The van der Waals surface area contributed by atoms with E-state index in [4.69, 9.17) is 0 Å². The average molecular weight is 189 g/mol. The third-order valence-electron chi connectivity index (χ3n) is 2.68. The molecule has 0 saturated heterocycles. The first-order valence-corrected chi connectivity index (χ1v) is 4.76. The van der Waals surface area contributed by atoms with Gasteiger partial charge in [-0.15, -0.1) is 0 Å². The minimum absolute atomic E-state index is 0.0548. The molecule has 3 nitrogen and oxygen atoms in total. The first kappa shape index (κ1) is 9.21. The van der Waals surface area contributed by atoms with Crippen molar-refractivity contribution in [2.75, 3.05) is 7.05 Å². The molecule has 2 aromatic rings. The monoisotopic (exact) mass is 189 g/mol. The zero-order valence-corrected chi connectivity index (χ0v) is 8.78. The summed E-state index contributed by atoms with van der Waals surface area (Å²) >= 11 is 0. The highest BCUT2D eigenvalue weighted by Crippen LogP contribution is 2.20. The number of hydrogen-bond acceptors (Lipinski definition) is 2. The zero-order valence-electron chi connectivity index (χ0n) is 8.78. The SMILES string of the molecule is CNC(C)(C)c1cnc2ccccn12. The molecule has 74 valence electrons. The van der Waals surface area contributed by atoms with Gasteiger partial charge < -0.3 is 9.72 Å². The van der Waals surface area contributed by atoms with Crippen LogP contribution < -0.4 is 5.32 Å². The number of nitrogens with one attached hydrogen (secondary N) is 1. The predicted octanol–water partition coefficient (Wildman–Crippen LogP) is 1.79. The Morgan fingerprint density at radius 2 is 2.14 bits per heavy atom. The highest BCUT2D eigenvalue weighted by molar-refractivity contribution is 5.41. The molecule has 0 saturated carbocycles. The van der Waals surface area contributed by atoms with Gasteiger partial charge in [0.2, 0.25) is 0 Å². The van der Waals surface area contributed by atoms with Gasteiger partial charge in [-0.2, -0.15) is 0 Å². The molecule has 0 radical (unpaired) electrons. The summed E-state index contributed by atoms with van der Waals surface area (Å²) in [6.07, 6.45) is 3.96. The van der Waals surface area contributed by atoms with E-state index in [1.54, 1.807) is 0 Å². The van der Waals surface area contributed by atoms with Crippen molar-refractivity contribution in [3.63, 3.8) is 0 Å². The van der Waals surface area contributed by atoms with Gasteiger partial charge in [-0.25, -0.2) is 4.98 Å². The van der Waals surface area contributed by atoms with Crippen molar-refractivity contribution in [2.24, 2.45) is 0 Å². The molecule has 2 rings (SSSR count). The van der Waals surface area contributed by atoms with Crippen molar-refractivity contribution in [2.45, 2.75) is 19.4 Å². The summed E-state index contributed by atoms with van der Waals surface area (Å²) < 4.78 is 2.11. The molecule has 2 heterocycles. The highest BCUT2D eigenvalue weighted by atomic mass is 15.1. The quantitative estimate of drug-likeness (QED) is 0.780. The number of nitrogens with zero attached hydrogens (tertiary/aromatic N) is 2. The van der Waals surface area contributed by atoms with Crippen LogP contribution >= 0.6 is 0 Å². The van der Waals surface area contributed by atoms with Crippen LogP contribution in [0.3, 0.4) is 0 Å². The molecule has 0 aromatic carbocycles. The van der Waals surface area contributed by atoms with Crippen molar-refractivity contribution in [3.05, 3.63) is 36.3 Å². The van der Waals surface area contributed by atoms with Gasteiger partial charge >= 0.3 is 0 Å². The second-order valence-electron chi connectivity index (χ2n) is 3.95. The lowest BCUT2D eigenvalue weighted by Crippen LogP contribution is -2.34. The fourth-order valence-electron chi connectivity index (χ4n) is 1.52. The van der Waals surface area contributed by atoms with Crippen LogP contribution in [0.5, 0.6) is 0 Å². The molecule has 0 aliphatic rings. The molecule has 3 heteroatoms. The lowest BCUT2D eigenvalue weighted by molar-refractivity contribution is 0.428. The fraction of sp³-hybridized carbons (Fsp3) is 0.364. The zero-order chi connectivity index (χ0) is 10.2. The number of hydrogen-bond donors (Lipinski definition) is 1. The fourth-order valence-corrected chi connectivity index (χ4v) is 1.52. The van der Waals surface area contributed by atoms with Crippen LogP contribution in [0.1, 0.15) is 19.5 Å². The molecule has 0 atom stereocenters. The van der Waals surface area contributed by atoms with Crippen LogP contribution in [0.2, 0.25) is 0 Å². The summed E-state index contributed by atoms with van der Waals surface area (Å²) in [5, 5.41) is 3.28. The molecule has 0 fully saturated rings. The Balaban J connectivity index is 2.64. The molecule has 0 amide bonds. The second-order valence-corrected chi connectivity index (χ2v) is 3.95. The van der Waals surface area contributed by atoms with E-state index in [1.165, 1.54) is 5.69 Å². The Morgan fingerprint density at radius 1 is 1.36 bits per heavy atom. The summed E-state index contributed by atoms with van der Waals surface area (Å²) in [5.41, 5.74) is 2.11. The van der Waals surface area contributed by atoms with Crippen LogP contribution in [0.4, 0.5) is 0 Å². The Kier molecular flexibility index (Phi) is 2.04.